The molecule has 0 fully saturated rings. The van der Waals surface area contributed by atoms with E-state index in [1.165, 1.54) is 6.20 Å². The Morgan fingerprint density at radius 2 is 2.17 bits per heavy atom. The van der Waals surface area contributed by atoms with Gasteiger partial charge in [-0.05, 0) is 30.8 Å². The molecular weight excluding hydrogens is 234 g/mol. The summed E-state index contributed by atoms with van der Waals surface area (Å²) in [7, 11) is 0. The monoisotopic (exact) mass is 251 g/mol. The van der Waals surface area contributed by atoms with Crippen molar-refractivity contribution in [2.24, 2.45) is 0 Å². The van der Waals surface area contributed by atoms with Gasteiger partial charge in [0.15, 0.2) is 0 Å². The Balaban J connectivity index is 2.64. The summed E-state index contributed by atoms with van der Waals surface area (Å²) in [5, 5.41) is 12.0. The summed E-state index contributed by atoms with van der Waals surface area (Å²) in [5.41, 5.74) is 0.889. The third-order valence-electron chi connectivity index (χ3n) is 2.24. The van der Waals surface area contributed by atoms with Crippen molar-refractivity contribution in [3.05, 3.63) is 42.6 Å². The SMILES string of the molecule is C=CNC(Cc1ccc(O)cc1)C(=O)OOCC. The van der Waals surface area contributed by atoms with Crippen molar-refractivity contribution < 1.29 is 19.7 Å². The molecule has 18 heavy (non-hydrogen) atoms. The van der Waals surface area contributed by atoms with E-state index < -0.39 is 12.0 Å². The van der Waals surface area contributed by atoms with Crippen molar-refractivity contribution in [2.45, 2.75) is 19.4 Å². The van der Waals surface area contributed by atoms with Gasteiger partial charge in [0.25, 0.3) is 0 Å². The minimum atomic E-state index is -0.571. The summed E-state index contributed by atoms with van der Waals surface area (Å²) >= 11 is 0. The van der Waals surface area contributed by atoms with Gasteiger partial charge in [0.2, 0.25) is 0 Å². The second kappa shape index (κ2) is 7.34. The van der Waals surface area contributed by atoms with E-state index >= 15 is 0 Å². The molecule has 1 unspecified atom stereocenters. The number of nitrogens with one attached hydrogen (secondary N) is 1. The standard InChI is InChI=1S/C13H17NO4/c1-3-14-12(13(16)18-17-4-2)9-10-5-7-11(15)8-6-10/h3,5-8,12,14-15H,1,4,9H2,2H3. The number of hydrogen-bond acceptors (Lipinski definition) is 5. The number of benzene rings is 1. The van der Waals surface area contributed by atoms with Crippen LogP contribution in [0.1, 0.15) is 12.5 Å². The molecule has 2 N–H and O–H groups in total. The van der Waals surface area contributed by atoms with E-state index in [1.54, 1.807) is 31.2 Å². The molecule has 1 rings (SSSR count). The molecule has 0 radical (unpaired) electrons. The lowest BCUT2D eigenvalue weighted by Crippen LogP contribution is -2.36. The topological polar surface area (TPSA) is 67.8 Å². The van der Waals surface area contributed by atoms with Gasteiger partial charge in [-0.1, -0.05) is 18.7 Å². The molecule has 0 aliphatic carbocycles. The van der Waals surface area contributed by atoms with Crippen LogP contribution < -0.4 is 5.32 Å². The molecule has 0 heterocycles. The Morgan fingerprint density at radius 1 is 1.50 bits per heavy atom. The van der Waals surface area contributed by atoms with E-state index in [2.05, 4.69) is 21.7 Å². The zero-order valence-corrected chi connectivity index (χ0v) is 10.3. The summed E-state index contributed by atoms with van der Waals surface area (Å²) in [6, 6.07) is 6.03. The fourth-order valence-electron chi connectivity index (χ4n) is 1.40. The molecule has 5 heteroatoms. The fraction of sp³-hybridized carbons (Fsp3) is 0.308. The van der Waals surface area contributed by atoms with Gasteiger partial charge >= 0.3 is 5.97 Å². The predicted octanol–water partition coefficient (Wildman–Crippen LogP) is 1.53. The molecule has 1 atom stereocenters. The minimum Gasteiger partial charge on any atom is -0.508 e. The van der Waals surface area contributed by atoms with E-state index in [0.717, 1.165) is 5.56 Å². The minimum absolute atomic E-state index is 0.184. The Bertz CT molecular complexity index is 388. The summed E-state index contributed by atoms with van der Waals surface area (Å²) < 4.78 is 0. The van der Waals surface area contributed by atoms with Gasteiger partial charge in [-0.3, -0.25) is 4.89 Å². The first kappa shape index (κ1) is 14.1. The van der Waals surface area contributed by atoms with Gasteiger partial charge in [0, 0.05) is 6.42 Å². The van der Waals surface area contributed by atoms with Gasteiger partial charge in [0.05, 0.1) is 6.61 Å². The number of carbonyl (C=O) groups is 1. The van der Waals surface area contributed by atoms with Crippen LogP contribution in [0.3, 0.4) is 0 Å². The van der Waals surface area contributed by atoms with E-state index in [4.69, 9.17) is 0 Å². The molecule has 98 valence electrons. The quantitative estimate of drug-likeness (QED) is 0.568. The third-order valence-corrected chi connectivity index (χ3v) is 2.24. The highest BCUT2D eigenvalue weighted by atomic mass is 17.2. The Hall–Kier alpha value is -2.01. The van der Waals surface area contributed by atoms with E-state index in [9.17, 15) is 9.90 Å². The first-order valence-electron chi connectivity index (χ1n) is 5.65. The first-order chi connectivity index (χ1) is 8.67. The van der Waals surface area contributed by atoms with Crippen LogP contribution in [-0.4, -0.2) is 23.7 Å². The van der Waals surface area contributed by atoms with Crippen molar-refractivity contribution in [3.63, 3.8) is 0 Å². The molecule has 0 aliphatic heterocycles. The highest BCUT2D eigenvalue weighted by Crippen LogP contribution is 2.11. The van der Waals surface area contributed by atoms with Crippen molar-refractivity contribution in [2.75, 3.05) is 6.61 Å². The lowest BCUT2D eigenvalue weighted by Gasteiger charge is -2.14. The number of phenols is 1. The van der Waals surface area contributed by atoms with Crippen LogP contribution in [0.2, 0.25) is 0 Å². The average molecular weight is 251 g/mol. The lowest BCUT2D eigenvalue weighted by atomic mass is 10.1. The molecule has 0 aromatic heterocycles. The molecular formula is C13H17NO4. The average Bonchev–Trinajstić information content (AvgIpc) is 2.38. The zero-order chi connectivity index (χ0) is 13.4. The molecule has 0 aliphatic rings. The number of rotatable bonds is 7. The maximum Gasteiger partial charge on any atom is 0.364 e. The van der Waals surface area contributed by atoms with E-state index in [-0.39, 0.29) is 5.75 Å². The second-order valence-corrected chi connectivity index (χ2v) is 3.60. The first-order valence-corrected chi connectivity index (χ1v) is 5.65. The molecule has 0 spiro atoms. The Morgan fingerprint density at radius 3 is 2.72 bits per heavy atom. The normalized spacial score (nSPS) is 11.6. The van der Waals surface area contributed by atoms with Crippen molar-refractivity contribution in [1.29, 1.82) is 0 Å². The van der Waals surface area contributed by atoms with Gasteiger partial charge in [0.1, 0.15) is 11.8 Å². The third kappa shape index (κ3) is 4.47. The summed E-state index contributed by atoms with van der Waals surface area (Å²) in [5.74, 6) is -0.325. The molecule has 0 bridgehead atoms. The highest BCUT2D eigenvalue weighted by molar-refractivity contribution is 5.75. The van der Waals surface area contributed by atoms with Gasteiger partial charge in [-0.2, -0.15) is 4.89 Å². The van der Waals surface area contributed by atoms with Crippen molar-refractivity contribution in [1.82, 2.24) is 5.32 Å². The molecule has 0 amide bonds. The molecule has 1 aromatic carbocycles. The van der Waals surface area contributed by atoms with Crippen LogP contribution in [-0.2, 0) is 21.0 Å². The second-order valence-electron chi connectivity index (χ2n) is 3.60. The van der Waals surface area contributed by atoms with Gasteiger partial charge in [-0.25, -0.2) is 4.79 Å². The number of hydrogen-bond donors (Lipinski definition) is 2. The summed E-state index contributed by atoms with van der Waals surface area (Å²) in [6.45, 7) is 5.54. The summed E-state index contributed by atoms with van der Waals surface area (Å²) in [4.78, 5) is 20.9. The van der Waals surface area contributed by atoms with Gasteiger partial charge < -0.3 is 10.4 Å². The largest absolute Gasteiger partial charge is 0.508 e. The zero-order valence-electron chi connectivity index (χ0n) is 10.3. The van der Waals surface area contributed by atoms with Crippen LogP contribution in [0.4, 0.5) is 0 Å². The van der Waals surface area contributed by atoms with E-state index in [1.807, 2.05) is 0 Å². The van der Waals surface area contributed by atoms with Crippen LogP contribution in [0.15, 0.2) is 37.0 Å². The van der Waals surface area contributed by atoms with Crippen molar-refractivity contribution in [3.8, 4) is 5.75 Å². The molecule has 0 saturated carbocycles. The maximum atomic E-state index is 11.7. The molecule has 5 nitrogen and oxygen atoms in total. The van der Waals surface area contributed by atoms with E-state index in [0.29, 0.717) is 13.0 Å². The molecule has 1 aromatic rings. The maximum absolute atomic E-state index is 11.7. The molecule has 0 saturated heterocycles. The van der Waals surface area contributed by atoms with Crippen LogP contribution in [0, 0.1) is 0 Å². The summed E-state index contributed by atoms with van der Waals surface area (Å²) in [6.07, 6.45) is 1.84. The van der Waals surface area contributed by atoms with Gasteiger partial charge in [-0.15, -0.1) is 0 Å². The lowest BCUT2D eigenvalue weighted by molar-refractivity contribution is -0.271. The number of phenolic OH excluding ortho intramolecular Hbond substituents is 1. The number of aromatic hydroxyl groups is 1. The predicted molar refractivity (Wildman–Crippen MR) is 66.6 cm³/mol. The van der Waals surface area contributed by atoms with Crippen molar-refractivity contribution >= 4 is 5.97 Å². The highest BCUT2D eigenvalue weighted by Gasteiger charge is 2.20. The van der Waals surface area contributed by atoms with Crippen LogP contribution >= 0.6 is 0 Å². The fourth-order valence-corrected chi connectivity index (χ4v) is 1.40. The smallest absolute Gasteiger partial charge is 0.364 e. The van der Waals surface area contributed by atoms with Crippen LogP contribution in [0.5, 0.6) is 5.75 Å². The Kier molecular flexibility index (Phi) is 5.73. The van der Waals surface area contributed by atoms with Crippen LogP contribution in [0.25, 0.3) is 0 Å². The number of carbonyl (C=O) groups excluding carboxylic acids is 1. The Labute approximate surface area is 106 Å².